The molecule has 0 N–H and O–H groups in total. The molecular formula is C12H17ClN2O2. The zero-order valence-electron chi connectivity index (χ0n) is 10.7. The second kappa shape index (κ2) is 4.92. The summed E-state index contributed by atoms with van der Waals surface area (Å²) in [5.74, 6) is 0. The second-order valence-corrected chi connectivity index (χ2v) is 5.16. The number of pyridine rings is 1. The van der Waals surface area contributed by atoms with Crippen molar-refractivity contribution in [3.8, 4) is 0 Å². The van der Waals surface area contributed by atoms with Crippen LogP contribution in [0.4, 0.5) is 10.5 Å². The lowest BCUT2D eigenvalue weighted by molar-refractivity contribution is 0.0589. The molecule has 0 radical (unpaired) electrons. The standard InChI is InChI=1S/C12H17ClN2O2/c1-8-6-7-14-10(13)9(8)15(5)11(16)17-12(2,3)4/h6-7H,1-5H3. The van der Waals surface area contributed by atoms with E-state index in [-0.39, 0.29) is 0 Å². The Balaban J connectivity index is 2.97. The molecule has 0 aliphatic heterocycles. The van der Waals surface area contributed by atoms with Gasteiger partial charge in [-0.05, 0) is 39.3 Å². The number of amides is 1. The largest absolute Gasteiger partial charge is 0.443 e. The van der Waals surface area contributed by atoms with Crippen molar-refractivity contribution < 1.29 is 9.53 Å². The number of ether oxygens (including phenoxy) is 1. The lowest BCUT2D eigenvalue weighted by Crippen LogP contribution is -2.34. The Hall–Kier alpha value is -1.29. The molecule has 0 aromatic carbocycles. The highest BCUT2D eigenvalue weighted by Gasteiger charge is 2.23. The Morgan fingerprint density at radius 1 is 1.47 bits per heavy atom. The van der Waals surface area contributed by atoms with Crippen LogP contribution in [-0.4, -0.2) is 23.7 Å². The number of nitrogens with zero attached hydrogens (tertiary/aromatic N) is 2. The molecule has 1 amide bonds. The van der Waals surface area contributed by atoms with Crippen molar-refractivity contribution in [2.75, 3.05) is 11.9 Å². The number of hydrogen-bond donors (Lipinski definition) is 0. The van der Waals surface area contributed by atoms with Gasteiger partial charge in [0.15, 0.2) is 5.15 Å². The van der Waals surface area contributed by atoms with Crippen LogP contribution >= 0.6 is 11.6 Å². The van der Waals surface area contributed by atoms with Crippen molar-refractivity contribution in [3.63, 3.8) is 0 Å². The number of rotatable bonds is 1. The van der Waals surface area contributed by atoms with Gasteiger partial charge in [-0.1, -0.05) is 11.6 Å². The Morgan fingerprint density at radius 2 is 2.06 bits per heavy atom. The van der Waals surface area contributed by atoms with Crippen LogP contribution in [0.5, 0.6) is 0 Å². The smallest absolute Gasteiger partial charge is 0.414 e. The Labute approximate surface area is 107 Å². The first kappa shape index (κ1) is 13.8. The molecule has 94 valence electrons. The molecule has 17 heavy (non-hydrogen) atoms. The third kappa shape index (κ3) is 3.60. The van der Waals surface area contributed by atoms with E-state index in [0.29, 0.717) is 10.8 Å². The predicted octanol–water partition coefficient (Wildman–Crippen LogP) is 3.41. The minimum absolute atomic E-state index is 0.290. The van der Waals surface area contributed by atoms with Crippen molar-refractivity contribution >= 4 is 23.4 Å². The number of aryl methyl sites for hydroxylation is 1. The van der Waals surface area contributed by atoms with Gasteiger partial charge in [0.1, 0.15) is 5.60 Å². The maximum atomic E-state index is 11.9. The second-order valence-electron chi connectivity index (χ2n) is 4.81. The van der Waals surface area contributed by atoms with E-state index >= 15 is 0 Å². The molecule has 0 unspecified atom stereocenters. The van der Waals surface area contributed by atoms with Crippen molar-refractivity contribution in [3.05, 3.63) is 23.0 Å². The third-order valence-electron chi connectivity index (χ3n) is 2.08. The minimum atomic E-state index is -0.534. The lowest BCUT2D eigenvalue weighted by atomic mass is 10.2. The highest BCUT2D eigenvalue weighted by Crippen LogP contribution is 2.27. The summed E-state index contributed by atoms with van der Waals surface area (Å²) in [5.41, 5.74) is 0.912. The molecule has 0 aliphatic rings. The van der Waals surface area contributed by atoms with Crippen LogP contribution < -0.4 is 4.90 Å². The average molecular weight is 257 g/mol. The van der Waals surface area contributed by atoms with Crippen LogP contribution in [0.25, 0.3) is 0 Å². The van der Waals surface area contributed by atoms with E-state index in [0.717, 1.165) is 5.56 Å². The molecule has 0 atom stereocenters. The SMILES string of the molecule is Cc1ccnc(Cl)c1N(C)C(=O)OC(C)(C)C. The van der Waals surface area contributed by atoms with Crippen molar-refractivity contribution in [1.82, 2.24) is 4.98 Å². The van der Waals surface area contributed by atoms with Crippen molar-refractivity contribution in [2.45, 2.75) is 33.3 Å². The lowest BCUT2D eigenvalue weighted by Gasteiger charge is -2.25. The summed E-state index contributed by atoms with van der Waals surface area (Å²) < 4.78 is 5.26. The Bertz CT molecular complexity index is 407. The van der Waals surface area contributed by atoms with Gasteiger partial charge in [-0.25, -0.2) is 9.78 Å². The van der Waals surface area contributed by atoms with E-state index < -0.39 is 11.7 Å². The van der Waals surface area contributed by atoms with E-state index in [4.69, 9.17) is 16.3 Å². The highest BCUT2D eigenvalue weighted by atomic mass is 35.5. The summed E-state index contributed by atoms with van der Waals surface area (Å²) in [4.78, 5) is 17.2. The van der Waals surface area contributed by atoms with Gasteiger partial charge in [0.25, 0.3) is 0 Å². The number of hydrogen-bond acceptors (Lipinski definition) is 3. The van der Waals surface area contributed by atoms with E-state index in [1.54, 1.807) is 19.3 Å². The molecule has 0 aliphatic carbocycles. The molecule has 0 saturated heterocycles. The molecule has 0 saturated carbocycles. The van der Waals surface area contributed by atoms with Crippen LogP contribution in [0, 0.1) is 6.92 Å². The summed E-state index contributed by atoms with van der Waals surface area (Å²) in [6.07, 6.45) is 1.15. The highest BCUT2D eigenvalue weighted by molar-refractivity contribution is 6.32. The summed E-state index contributed by atoms with van der Waals surface area (Å²) in [5, 5.41) is 0.290. The summed E-state index contributed by atoms with van der Waals surface area (Å²) in [6.45, 7) is 7.31. The van der Waals surface area contributed by atoms with Crippen molar-refractivity contribution in [2.24, 2.45) is 0 Å². The molecule has 5 heteroatoms. The van der Waals surface area contributed by atoms with Gasteiger partial charge in [0, 0.05) is 13.2 Å². The van der Waals surface area contributed by atoms with E-state index in [1.807, 2.05) is 27.7 Å². The first-order valence-electron chi connectivity index (χ1n) is 5.30. The van der Waals surface area contributed by atoms with Crippen LogP contribution in [-0.2, 0) is 4.74 Å². The zero-order chi connectivity index (χ0) is 13.2. The topological polar surface area (TPSA) is 42.4 Å². The molecule has 0 fully saturated rings. The first-order chi connectivity index (χ1) is 7.72. The fraction of sp³-hybridized carbons (Fsp3) is 0.500. The molecule has 0 bridgehead atoms. The quantitative estimate of drug-likeness (QED) is 0.723. The maximum Gasteiger partial charge on any atom is 0.414 e. The van der Waals surface area contributed by atoms with E-state index in [9.17, 15) is 4.79 Å². The minimum Gasteiger partial charge on any atom is -0.443 e. The molecule has 4 nitrogen and oxygen atoms in total. The summed E-state index contributed by atoms with van der Waals surface area (Å²) in [6, 6.07) is 1.79. The first-order valence-corrected chi connectivity index (χ1v) is 5.68. The van der Waals surface area contributed by atoms with Crippen LogP contribution in [0.3, 0.4) is 0 Å². The molecule has 1 heterocycles. The van der Waals surface area contributed by atoms with Gasteiger partial charge in [-0.3, -0.25) is 4.90 Å². The molecule has 0 spiro atoms. The van der Waals surface area contributed by atoms with Crippen molar-refractivity contribution in [1.29, 1.82) is 0 Å². The number of halogens is 1. The fourth-order valence-corrected chi connectivity index (χ4v) is 1.67. The number of carbonyl (C=O) groups excluding carboxylic acids is 1. The van der Waals surface area contributed by atoms with E-state index in [2.05, 4.69) is 4.98 Å². The number of carbonyl (C=O) groups is 1. The zero-order valence-corrected chi connectivity index (χ0v) is 11.5. The summed E-state index contributed by atoms with van der Waals surface area (Å²) >= 11 is 5.98. The Morgan fingerprint density at radius 3 is 2.53 bits per heavy atom. The van der Waals surface area contributed by atoms with Gasteiger partial charge < -0.3 is 4.74 Å². The van der Waals surface area contributed by atoms with Crippen LogP contribution in [0.15, 0.2) is 12.3 Å². The van der Waals surface area contributed by atoms with Crippen LogP contribution in [0.2, 0.25) is 5.15 Å². The maximum absolute atomic E-state index is 11.9. The summed E-state index contributed by atoms with van der Waals surface area (Å²) in [7, 11) is 1.62. The number of anilines is 1. The molecule has 1 rings (SSSR count). The van der Waals surface area contributed by atoms with Gasteiger partial charge in [-0.15, -0.1) is 0 Å². The van der Waals surface area contributed by atoms with Gasteiger partial charge in [0.2, 0.25) is 0 Å². The monoisotopic (exact) mass is 256 g/mol. The normalized spacial score (nSPS) is 11.2. The third-order valence-corrected chi connectivity index (χ3v) is 2.36. The van der Waals surface area contributed by atoms with Gasteiger partial charge in [-0.2, -0.15) is 0 Å². The Kier molecular flexibility index (Phi) is 3.98. The molecule has 1 aromatic heterocycles. The van der Waals surface area contributed by atoms with Gasteiger partial charge in [0.05, 0.1) is 5.69 Å². The average Bonchev–Trinajstić information content (AvgIpc) is 2.14. The fourth-order valence-electron chi connectivity index (χ4n) is 1.34. The van der Waals surface area contributed by atoms with Gasteiger partial charge >= 0.3 is 6.09 Å². The van der Waals surface area contributed by atoms with Crippen LogP contribution in [0.1, 0.15) is 26.3 Å². The number of aromatic nitrogens is 1. The van der Waals surface area contributed by atoms with E-state index in [1.165, 1.54) is 4.90 Å². The molecule has 1 aromatic rings. The molecular weight excluding hydrogens is 240 g/mol. The predicted molar refractivity (Wildman–Crippen MR) is 68.6 cm³/mol.